The van der Waals surface area contributed by atoms with Crippen molar-refractivity contribution in [2.24, 2.45) is 0 Å². The number of nitrogens with zero attached hydrogens (tertiary/aromatic N) is 3. The van der Waals surface area contributed by atoms with Gasteiger partial charge in [0.05, 0.1) is 5.88 Å². The number of aromatic nitrogens is 2. The van der Waals surface area contributed by atoms with Crippen LogP contribution in [0.15, 0.2) is 17.8 Å². The molecule has 0 spiro atoms. The number of fused-ring (bicyclic) bond motifs is 1. The molecule has 3 nitrogen and oxygen atoms in total. The molecule has 0 unspecified atom stereocenters. The van der Waals surface area contributed by atoms with Gasteiger partial charge in [-0.05, 0) is 23.4 Å². The van der Waals surface area contributed by atoms with E-state index in [1.165, 1.54) is 16.8 Å². The fraction of sp³-hybridized carbons (Fsp3) is 0.333. The summed E-state index contributed by atoms with van der Waals surface area (Å²) < 4.78 is 0. The summed E-state index contributed by atoms with van der Waals surface area (Å²) in [5, 5.41) is 2.59. The maximum absolute atomic E-state index is 6.07. The molecule has 0 saturated heterocycles. The van der Waals surface area contributed by atoms with Crippen LogP contribution in [-0.2, 0) is 18.8 Å². The lowest BCUT2D eigenvalue weighted by Gasteiger charge is -2.29. The van der Waals surface area contributed by atoms with E-state index in [0.29, 0.717) is 11.0 Å². The number of hydrogen-bond acceptors (Lipinski definition) is 4. The Bertz CT molecular complexity index is 570. The molecule has 0 atom stereocenters. The fourth-order valence-electron chi connectivity index (χ4n) is 2.20. The minimum Gasteiger partial charge on any atom is -0.351 e. The first-order valence-corrected chi connectivity index (χ1v) is 7.44. The van der Waals surface area contributed by atoms with Crippen molar-refractivity contribution in [3.8, 4) is 0 Å². The van der Waals surface area contributed by atoms with Gasteiger partial charge < -0.3 is 4.90 Å². The molecule has 94 valence electrons. The van der Waals surface area contributed by atoms with Crippen LogP contribution in [0.3, 0.4) is 0 Å². The molecule has 0 saturated carbocycles. The molecule has 2 aromatic heterocycles. The standard InChI is InChI=1S/C12H11Cl2N3S/c13-5-9-11(14)15-7-16-12(9)17-3-1-10-8(6-17)2-4-18-10/h2,4,7H,1,3,5-6H2. The van der Waals surface area contributed by atoms with Crippen molar-refractivity contribution in [3.05, 3.63) is 38.9 Å². The van der Waals surface area contributed by atoms with E-state index >= 15 is 0 Å². The first-order chi connectivity index (χ1) is 8.79. The Morgan fingerprint density at radius 2 is 2.28 bits per heavy atom. The van der Waals surface area contributed by atoms with Crippen molar-refractivity contribution in [1.82, 2.24) is 9.97 Å². The molecule has 1 aliphatic rings. The highest BCUT2D eigenvalue weighted by Gasteiger charge is 2.21. The second-order valence-electron chi connectivity index (χ2n) is 4.14. The molecule has 6 heteroatoms. The van der Waals surface area contributed by atoms with Crippen LogP contribution in [0.1, 0.15) is 16.0 Å². The van der Waals surface area contributed by atoms with Crippen LogP contribution in [-0.4, -0.2) is 16.5 Å². The van der Waals surface area contributed by atoms with Gasteiger partial charge in [-0.2, -0.15) is 0 Å². The zero-order chi connectivity index (χ0) is 12.5. The maximum Gasteiger partial charge on any atom is 0.138 e. The Morgan fingerprint density at radius 3 is 3.11 bits per heavy atom. The van der Waals surface area contributed by atoms with Gasteiger partial charge in [0, 0.05) is 23.5 Å². The molecule has 0 aromatic carbocycles. The molecule has 0 aliphatic carbocycles. The fourth-order valence-corrected chi connectivity index (χ4v) is 3.60. The summed E-state index contributed by atoms with van der Waals surface area (Å²) in [5.41, 5.74) is 2.20. The van der Waals surface area contributed by atoms with E-state index < -0.39 is 0 Å². The van der Waals surface area contributed by atoms with Gasteiger partial charge in [-0.25, -0.2) is 9.97 Å². The van der Waals surface area contributed by atoms with E-state index in [1.54, 1.807) is 0 Å². The number of rotatable bonds is 2. The predicted octanol–water partition coefficient (Wildman–Crippen LogP) is 3.49. The highest BCUT2D eigenvalue weighted by Crippen LogP contribution is 2.31. The summed E-state index contributed by atoms with van der Waals surface area (Å²) in [7, 11) is 0. The van der Waals surface area contributed by atoms with Crippen molar-refractivity contribution >= 4 is 40.4 Å². The average molecular weight is 300 g/mol. The maximum atomic E-state index is 6.07. The Balaban J connectivity index is 1.95. The Labute approximate surface area is 119 Å². The lowest BCUT2D eigenvalue weighted by molar-refractivity contribution is 0.726. The second-order valence-corrected chi connectivity index (χ2v) is 5.77. The van der Waals surface area contributed by atoms with E-state index in [2.05, 4.69) is 26.3 Å². The topological polar surface area (TPSA) is 29.0 Å². The molecule has 0 bridgehead atoms. The average Bonchev–Trinajstić information content (AvgIpc) is 2.85. The Morgan fingerprint density at radius 1 is 1.39 bits per heavy atom. The SMILES string of the molecule is ClCc1c(Cl)ncnc1N1CCc2sccc2C1. The van der Waals surface area contributed by atoms with E-state index in [9.17, 15) is 0 Å². The largest absolute Gasteiger partial charge is 0.351 e. The van der Waals surface area contributed by atoms with Crippen LogP contribution in [0.5, 0.6) is 0 Å². The van der Waals surface area contributed by atoms with Crippen molar-refractivity contribution < 1.29 is 0 Å². The zero-order valence-corrected chi connectivity index (χ0v) is 11.9. The molecule has 3 heterocycles. The normalized spacial score (nSPS) is 14.7. The van der Waals surface area contributed by atoms with E-state index in [4.69, 9.17) is 23.2 Å². The summed E-state index contributed by atoms with van der Waals surface area (Å²) in [6.45, 7) is 1.82. The summed E-state index contributed by atoms with van der Waals surface area (Å²) in [4.78, 5) is 12.0. The number of halogens is 2. The minimum absolute atomic E-state index is 0.335. The Hall–Kier alpha value is -0.840. The van der Waals surface area contributed by atoms with E-state index in [-0.39, 0.29) is 0 Å². The monoisotopic (exact) mass is 299 g/mol. The first kappa shape index (κ1) is 12.2. The number of hydrogen-bond donors (Lipinski definition) is 0. The van der Waals surface area contributed by atoms with Crippen LogP contribution in [0, 0.1) is 0 Å². The zero-order valence-electron chi connectivity index (χ0n) is 9.57. The summed E-state index contributed by atoms with van der Waals surface area (Å²) >= 11 is 13.8. The number of anilines is 1. The van der Waals surface area contributed by atoms with Crippen LogP contribution in [0.4, 0.5) is 5.82 Å². The lowest BCUT2D eigenvalue weighted by Crippen LogP contribution is -2.31. The number of thiophene rings is 1. The van der Waals surface area contributed by atoms with Crippen LogP contribution < -0.4 is 4.90 Å². The smallest absolute Gasteiger partial charge is 0.138 e. The van der Waals surface area contributed by atoms with Gasteiger partial charge in [-0.1, -0.05) is 11.6 Å². The number of alkyl halides is 1. The predicted molar refractivity (Wildman–Crippen MR) is 75.7 cm³/mol. The van der Waals surface area contributed by atoms with Gasteiger partial charge in [0.15, 0.2) is 0 Å². The van der Waals surface area contributed by atoms with Crippen LogP contribution in [0.2, 0.25) is 5.15 Å². The highest BCUT2D eigenvalue weighted by molar-refractivity contribution is 7.10. The molecule has 1 aliphatic heterocycles. The first-order valence-electron chi connectivity index (χ1n) is 5.65. The van der Waals surface area contributed by atoms with Gasteiger partial charge in [0.2, 0.25) is 0 Å². The molecule has 3 rings (SSSR count). The van der Waals surface area contributed by atoms with Gasteiger partial charge >= 0.3 is 0 Å². The van der Waals surface area contributed by atoms with Gasteiger partial charge in [0.25, 0.3) is 0 Å². The van der Waals surface area contributed by atoms with Gasteiger partial charge in [-0.15, -0.1) is 22.9 Å². The summed E-state index contributed by atoms with van der Waals surface area (Å²) in [6.07, 6.45) is 2.55. The summed E-state index contributed by atoms with van der Waals surface area (Å²) in [5.74, 6) is 1.20. The Kier molecular flexibility index (Phi) is 3.41. The second kappa shape index (κ2) is 5.03. The molecular weight excluding hydrogens is 289 g/mol. The lowest BCUT2D eigenvalue weighted by atomic mass is 10.1. The minimum atomic E-state index is 0.335. The van der Waals surface area contributed by atoms with E-state index in [1.807, 2.05) is 11.3 Å². The van der Waals surface area contributed by atoms with Crippen molar-refractivity contribution in [2.45, 2.75) is 18.8 Å². The summed E-state index contributed by atoms with van der Waals surface area (Å²) in [6, 6.07) is 2.18. The van der Waals surface area contributed by atoms with Crippen LogP contribution in [0.25, 0.3) is 0 Å². The molecular formula is C12H11Cl2N3S. The van der Waals surface area contributed by atoms with Crippen molar-refractivity contribution in [3.63, 3.8) is 0 Å². The third-order valence-corrected chi connectivity index (χ3v) is 4.73. The molecule has 0 fully saturated rings. The van der Waals surface area contributed by atoms with E-state index in [0.717, 1.165) is 30.9 Å². The van der Waals surface area contributed by atoms with Gasteiger partial charge in [0.1, 0.15) is 17.3 Å². The molecule has 0 N–H and O–H groups in total. The van der Waals surface area contributed by atoms with Gasteiger partial charge in [-0.3, -0.25) is 0 Å². The molecule has 18 heavy (non-hydrogen) atoms. The molecule has 2 aromatic rings. The molecule has 0 radical (unpaired) electrons. The molecule has 0 amide bonds. The van der Waals surface area contributed by atoms with Crippen LogP contribution >= 0.6 is 34.5 Å². The third-order valence-electron chi connectivity index (χ3n) is 3.11. The third kappa shape index (κ3) is 2.09. The van der Waals surface area contributed by atoms with Crippen molar-refractivity contribution in [2.75, 3.05) is 11.4 Å². The van der Waals surface area contributed by atoms with Crippen molar-refractivity contribution in [1.29, 1.82) is 0 Å². The highest BCUT2D eigenvalue weighted by atomic mass is 35.5. The quantitative estimate of drug-likeness (QED) is 0.628.